The molecule has 1 amide bonds. The van der Waals surface area contributed by atoms with E-state index in [1.54, 1.807) is 18.2 Å². The molecule has 2 saturated heterocycles. The zero-order valence-corrected chi connectivity index (χ0v) is 23.8. The van der Waals surface area contributed by atoms with Crippen LogP contribution in [-0.4, -0.2) is 59.1 Å². The third-order valence-electron chi connectivity index (χ3n) is 8.68. The highest BCUT2D eigenvalue weighted by Gasteiger charge is 2.35. The molecule has 0 aliphatic carbocycles. The van der Waals surface area contributed by atoms with Crippen molar-refractivity contribution in [2.75, 3.05) is 31.1 Å². The van der Waals surface area contributed by atoms with Gasteiger partial charge in [0.1, 0.15) is 11.6 Å². The zero-order valence-electron chi connectivity index (χ0n) is 23.8. The van der Waals surface area contributed by atoms with Crippen molar-refractivity contribution in [1.82, 2.24) is 9.80 Å². The first-order chi connectivity index (χ1) is 19.2. The van der Waals surface area contributed by atoms with E-state index >= 15 is 0 Å². The van der Waals surface area contributed by atoms with Crippen LogP contribution < -0.4 is 10.6 Å². The van der Waals surface area contributed by atoms with Crippen molar-refractivity contribution in [2.45, 2.75) is 58.3 Å². The van der Waals surface area contributed by atoms with Crippen LogP contribution in [-0.2, 0) is 6.54 Å². The summed E-state index contributed by atoms with van der Waals surface area (Å²) in [4.78, 5) is 19.6. The van der Waals surface area contributed by atoms with Gasteiger partial charge in [0.05, 0.1) is 11.6 Å². The number of halogens is 1. The SMILES string of the molecule is CC1CCN(c2cc(C(c3cccc(O)c3)N3C[C@@H](C)N(Cc4cccc(F)c4)C[C@@H]3C)ccc2C(N)=O)CC1. The normalized spacial score (nSPS) is 21.9. The number of carbonyl (C=O) groups is 1. The molecular formula is C33H41FN4O2. The van der Waals surface area contributed by atoms with Crippen LogP contribution in [0.15, 0.2) is 66.7 Å². The van der Waals surface area contributed by atoms with E-state index in [4.69, 9.17) is 5.73 Å². The quantitative estimate of drug-likeness (QED) is 0.408. The zero-order chi connectivity index (χ0) is 28.4. The number of primary amides is 1. The van der Waals surface area contributed by atoms with E-state index in [0.717, 1.165) is 61.4 Å². The van der Waals surface area contributed by atoms with Crippen molar-refractivity contribution in [1.29, 1.82) is 0 Å². The van der Waals surface area contributed by atoms with Crippen LogP contribution in [0.5, 0.6) is 5.75 Å². The summed E-state index contributed by atoms with van der Waals surface area (Å²) in [6.45, 7) is 10.8. The highest BCUT2D eigenvalue weighted by molar-refractivity contribution is 5.99. The van der Waals surface area contributed by atoms with Gasteiger partial charge < -0.3 is 15.7 Å². The van der Waals surface area contributed by atoms with E-state index < -0.39 is 5.91 Å². The molecule has 3 aromatic rings. The van der Waals surface area contributed by atoms with Crippen LogP contribution in [0.2, 0.25) is 0 Å². The highest BCUT2D eigenvalue weighted by Crippen LogP contribution is 2.38. The number of rotatable bonds is 7. The van der Waals surface area contributed by atoms with Crippen LogP contribution in [0.25, 0.3) is 0 Å². The molecule has 3 aromatic carbocycles. The van der Waals surface area contributed by atoms with Gasteiger partial charge in [0.15, 0.2) is 0 Å². The number of benzene rings is 3. The van der Waals surface area contributed by atoms with Crippen molar-refractivity contribution < 1.29 is 14.3 Å². The Morgan fingerprint density at radius 2 is 1.68 bits per heavy atom. The summed E-state index contributed by atoms with van der Waals surface area (Å²) in [5, 5.41) is 10.4. The second-order valence-electron chi connectivity index (χ2n) is 11.8. The lowest BCUT2D eigenvalue weighted by Gasteiger charge is -2.48. The van der Waals surface area contributed by atoms with Gasteiger partial charge in [-0.15, -0.1) is 0 Å². The minimum absolute atomic E-state index is 0.120. The summed E-state index contributed by atoms with van der Waals surface area (Å²) in [6.07, 6.45) is 2.17. The Bertz CT molecular complexity index is 1340. The topological polar surface area (TPSA) is 73.0 Å². The van der Waals surface area contributed by atoms with Crippen molar-refractivity contribution in [3.8, 4) is 5.75 Å². The number of carbonyl (C=O) groups excluding carboxylic acids is 1. The molecule has 3 N–H and O–H groups in total. The molecule has 2 aliphatic heterocycles. The molecule has 212 valence electrons. The van der Waals surface area contributed by atoms with Gasteiger partial charge in [0.2, 0.25) is 0 Å². The molecule has 2 aliphatic rings. The summed E-state index contributed by atoms with van der Waals surface area (Å²) in [7, 11) is 0. The molecule has 5 rings (SSSR count). The molecule has 0 spiro atoms. The number of piperazine rings is 1. The number of amides is 1. The fraction of sp³-hybridized carbons (Fsp3) is 0.424. The molecule has 0 bridgehead atoms. The molecule has 1 unspecified atom stereocenters. The van der Waals surface area contributed by atoms with Crippen LogP contribution in [0.4, 0.5) is 10.1 Å². The molecule has 7 heteroatoms. The average molecular weight is 545 g/mol. The number of phenolic OH excluding ortho intramolecular Hbond substituents is 1. The van der Waals surface area contributed by atoms with Crippen molar-refractivity contribution in [2.24, 2.45) is 11.7 Å². The smallest absolute Gasteiger partial charge is 0.250 e. The summed E-state index contributed by atoms with van der Waals surface area (Å²) in [5.74, 6) is 0.274. The second-order valence-corrected chi connectivity index (χ2v) is 11.8. The molecule has 0 saturated carbocycles. The molecule has 2 fully saturated rings. The van der Waals surface area contributed by atoms with Crippen molar-refractivity contribution in [3.05, 3.63) is 94.8 Å². The van der Waals surface area contributed by atoms with Crippen LogP contribution in [0.3, 0.4) is 0 Å². The van der Waals surface area contributed by atoms with Crippen LogP contribution >= 0.6 is 0 Å². The lowest BCUT2D eigenvalue weighted by Crippen LogP contribution is -2.56. The summed E-state index contributed by atoms with van der Waals surface area (Å²) in [5.41, 5.74) is 10.3. The van der Waals surface area contributed by atoms with Crippen LogP contribution in [0, 0.1) is 11.7 Å². The summed E-state index contributed by atoms with van der Waals surface area (Å²) < 4.78 is 13.9. The largest absolute Gasteiger partial charge is 0.508 e. The molecule has 3 atom stereocenters. The van der Waals surface area contributed by atoms with Gasteiger partial charge in [-0.2, -0.15) is 0 Å². The number of anilines is 1. The molecule has 6 nitrogen and oxygen atoms in total. The lowest BCUT2D eigenvalue weighted by atomic mass is 9.91. The van der Waals surface area contributed by atoms with Gasteiger partial charge in [-0.05, 0) is 85.7 Å². The molecule has 2 heterocycles. The van der Waals surface area contributed by atoms with E-state index in [1.807, 2.05) is 30.3 Å². The predicted molar refractivity (Wildman–Crippen MR) is 158 cm³/mol. The minimum atomic E-state index is -0.415. The van der Waals surface area contributed by atoms with Crippen molar-refractivity contribution in [3.63, 3.8) is 0 Å². The van der Waals surface area contributed by atoms with Gasteiger partial charge in [0, 0.05) is 50.5 Å². The first-order valence-electron chi connectivity index (χ1n) is 14.4. The number of hydrogen-bond acceptors (Lipinski definition) is 5. The average Bonchev–Trinajstić information content (AvgIpc) is 2.92. The van der Waals surface area contributed by atoms with Gasteiger partial charge in [-0.1, -0.05) is 37.3 Å². The third kappa shape index (κ3) is 6.16. The highest BCUT2D eigenvalue weighted by atomic mass is 19.1. The Morgan fingerprint density at radius 1 is 0.950 bits per heavy atom. The van der Waals surface area contributed by atoms with Gasteiger partial charge in [0.25, 0.3) is 5.91 Å². The van der Waals surface area contributed by atoms with Gasteiger partial charge in [-0.25, -0.2) is 4.39 Å². The summed E-state index contributed by atoms with van der Waals surface area (Å²) in [6, 6.07) is 20.6. The van der Waals surface area contributed by atoms with Crippen LogP contribution in [0.1, 0.15) is 66.7 Å². The van der Waals surface area contributed by atoms with E-state index in [0.29, 0.717) is 18.0 Å². The Kier molecular flexibility index (Phi) is 8.43. The second kappa shape index (κ2) is 12.0. The number of aromatic hydroxyl groups is 1. The number of nitrogens with zero attached hydrogens (tertiary/aromatic N) is 3. The van der Waals surface area contributed by atoms with E-state index in [2.05, 4.69) is 47.6 Å². The Balaban J connectivity index is 1.49. The Labute approximate surface area is 237 Å². The minimum Gasteiger partial charge on any atom is -0.508 e. The van der Waals surface area contributed by atoms with Gasteiger partial charge in [-0.3, -0.25) is 14.6 Å². The molecule has 40 heavy (non-hydrogen) atoms. The van der Waals surface area contributed by atoms with E-state index in [-0.39, 0.29) is 29.7 Å². The monoisotopic (exact) mass is 544 g/mol. The fourth-order valence-electron chi connectivity index (χ4n) is 6.38. The maximum absolute atomic E-state index is 13.9. The fourth-order valence-corrected chi connectivity index (χ4v) is 6.38. The standard InChI is InChI=1S/C33H41FN4O2/c1-22-12-14-36(15-13-22)31-18-27(10-11-30(31)33(35)40)32(26-7-5-9-29(39)17-26)38-20-23(2)37(19-24(38)3)21-25-6-4-8-28(34)16-25/h4-11,16-18,22-24,32,39H,12-15,19-21H2,1-3H3,(H2,35,40)/t23-,24+,32?/m1/s1. The molecule has 0 radical (unpaired) electrons. The first kappa shape index (κ1) is 28.1. The van der Waals surface area contributed by atoms with Crippen molar-refractivity contribution >= 4 is 11.6 Å². The Morgan fingerprint density at radius 3 is 2.38 bits per heavy atom. The molecule has 0 aromatic heterocycles. The maximum atomic E-state index is 13.9. The number of nitrogens with two attached hydrogens (primary N) is 1. The third-order valence-corrected chi connectivity index (χ3v) is 8.68. The first-order valence-corrected chi connectivity index (χ1v) is 14.4. The number of phenols is 1. The number of piperidine rings is 1. The lowest BCUT2D eigenvalue weighted by molar-refractivity contribution is 0.0195. The predicted octanol–water partition coefficient (Wildman–Crippen LogP) is 5.55. The van der Waals surface area contributed by atoms with Gasteiger partial charge >= 0.3 is 0 Å². The van der Waals surface area contributed by atoms with E-state index in [1.165, 1.54) is 6.07 Å². The number of hydrogen-bond donors (Lipinski definition) is 2. The maximum Gasteiger partial charge on any atom is 0.250 e. The molecular weight excluding hydrogens is 503 g/mol. The Hall–Kier alpha value is -3.42. The summed E-state index contributed by atoms with van der Waals surface area (Å²) >= 11 is 0. The van der Waals surface area contributed by atoms with E-state index in [9.17, 15) is 14.3 Å².